The molecule has 0 radical (unpaired) electrons. The molecule has 0 heterocycles. The van der Waals surface area contributed by atoms with Gasteiger partial charge in [-0.25, -0.2) is 9.59 Å². The fourth-order valence-electron chi connectivity index (χ4n) is 5.30. The minimum Gasteiger partial charge on any atom is -0.478 e. The zero-order valence-corrected chi connectivity index (χ0v) is 18.0. The van der Waals surface area contributed by atoms with Crippen molar-refractivity contribution < 1.29 is 30.0 Å². The molecular formula is C24H34O6. The van der Waals surface area contributed by atoms with Gasteiger partial charge in [-0.3, -0.25) is 0 Å². The number of hydrogen-bond donors (Lipinski definition) is 4. The van der Waals surface area contributed by atoms with E-state index in [1.54, 1.807) is 0 Å². The minimum atomic E-state index is -1.04. The number of carboxylic acids is 2. The van der Waals surface area contributed by atoms with Crippen LogP contribution in [-0.2, 0) is 12.8 Å². The molecule has 166 valence electrons. The zero-order valence-electron chi connectivity index (χ0n) is 18.0. The molecule has 0 amide bonds. The average Bonchev–Trinajstić information content (AvgIpc) is 2.67. The quantitative estimate of drug-likeness (QED) is 0.554. The van der Waals surface area contributed by atoms with Gasteiger partial charge in [0.25, 0.3) is 0 Å². The van der Waals surface area contributed by atoms with Gasteiger partial charge in [-0.2, -0.15) is 0 Å². The van der Waals surface area contributed by atoms with Crippen molar-refractivity contribution in [3.63, 3.8) is 0 Å². The van der Waals surface area contributed by atoms with Gasteiger partial charge in [0, 0.05) is 0 Å². The normalized spacial score (nSPS) is 32.0. The Kier molecular flexibility index (Phi) is 6.58. The lowest BCUT2D eigenvalue weighted by atomic mass is 9.67. The fraction of sp³-hybridized carbons (Fsp3) is 0.667. The molecule has 6 heteroatoms. The number of aliphatic hydroxyl groups excluding tert-OH is 2. The lowest BCUT2D eigenvalue weighted by Crippen LogP contribution is -2.32. The first kappa shape index (κ1) is 22.8. The van der Waals surface area contributed by atoms with Crippen molar-refractivity contribution in [2.24, 2.45) is 10.8 Å². The van der Waals surface area contributed by atoms with Crippen LogP contribution in [0.4, 0.5) is 0 Å². The molecule has 2 saturated carbocycles. The first-order valence-corrected chi connectivity index (χ1v) is 11.0. The van der Waals surface area contributed by atoms with Crippen LogP contribution in [-0.4, -0.2) is 44.6 Å². The fourth-order valence-corrected chi connectivity index (χ4v) is 5.30. The van der Waals surface area contributed by atoms with Crippen LogP contribution in [0.1, 0.15) is 97.1 Å². The van der Waals surface area contributed by atoms with Gasteiger partial charge in [-0.15, -0.1) is 0 Å². The summed E-state index contributed by atoms with van der Waals surface area (Å²) in [6, 6.07) is 2.86. The lowest BCUT2D eigenvalue weighted by molar-refractivity contribution is 0.0644. The van der Waals surface area contributed by atoms with Gasteiger partial charge in [0.15, 0.2) is 0 Å². The van der Waals surface area contributed by atoms with Gasteiger partial charge in [0.05, 0.1) is 23.3 Å². The highest BCUT2D eigenvalue weighted by Gasteiger charge is 2.37. The highest BCUT2D eigenvalue weighted by atomic mass is 16.4. The molecule has 2 aliphatic carbocycles. The van der Waals surface area contributed by atoms with Crippen LogP contribution in [0.3, 0.4) is 0 Å². The third kappa shape index (κ3) is 5.03. The van der Waals surface area contributed by atoms with E-state index in [-0.39, 0.29) is 34.2 Å². The van der Waals surface area contributed by atoms with Gasteiger partial charge >= 0.3 is 11.9 Å². The maximum absolute atomic E-state index is 12.0. The van der Waals surface area contributed by atoms with Crippen LogP contribution in [0, 0.1) is 10.8 Å². The Labute approximate surface area is 177 Å². The summed E-state index contributed by atoms with van der Waals surface area (Å²) in [5.74, 6) is -2.07. The maximum Gasteiger partial charge on any atom is 0.335 e. The lowest BCUT2D eigenvalue weighted by Gasteiger charge is -2.39. The number of aromatic carboxylic acids is 2. The SMILES string of the molecule is CC1(Cc2c(C(=O)O)ccc(C(=O)O)c2CC2(C)CCC(O)CC2)CCC(O)CC1. The summed E-state index contributed by atoms with van der Waals surface area (Å²) in [6.45, 7) is 4.22. The first-order chi connectivity index (χ1) is 14.0. The van der Waals surface area contributed by atoms with Crippen LogP contribution in [0.25, 0.3) is 0 Å². The van der Waals surface area contributed by atoms with Crippen LogP contribution < -0.4 is 0 Å². The molecule has 0 unspecified atom stereocenters. The van der Waals surface area contributed by atoms with Crippen molar-refractivity contribution in [1.82, 2.24) is 0 Å². The Bertz CT molecular complexity index is 731. The Morgan fingerprint density at radius 2 is 1.07 bits per heavy atom. The number of rotatable bonds is 6. The number of hydrogen-bond acceptors (Lipinski definition) is 4. The molecule has 1 aromatic rings. The molecule has 0 bridgehead atoms. The van der Waals surface area contributed by atoms with Gasteiger partial charge in [0.2, 0.25) is 0 Å². The topological polar surface area (TPSA) is 115 Å². The molecule has 4 N–H and O–H groups in total. The molecule has 3 rings (SSSR count). The molecule has 1 aromatic carbocycles. The zero-order chi connectivity index (χ0) is 22.1. The Morgan fingerprint density at radius 1 is 0.767 bits per heavy atom. The van der Waals surface area contributed by atoms with Crippen LogP contribution >= 0.6 is 0 Å². The summed E-state index contributed by atoms with van der Waals surface area (Å²) in [7, 11) is 0. The summed E-state index contributed by atoms with van der Waals surface area (Å²) >= 11 is 0. The third-order valence-corrected chi connectivity index (χ3v) is 7.42. The first-order valence-electron chi connectivity index (χ1n) is 11.0. The maximum atomic E-state index is 12.0. The summed E-state index contributed by atoms with van der Waals surface area (Å²) in [4.78, 5) is 24.1. The van der Waals surface area contributed by atoms with Gasteiger partial charge < -0.3 is 20.4 Å². The second-order valence-corrected chi connectivity index (χ2v) is 10.2. The van der Waals surface area contributed by atoms with E-state index in [1.807, 2.05) is 0 Å². The van der Waals surface area contributed by atoms with Crippen molar-refractivity contribution >= 4 is 11.9 Å². The van der Waals surface area contributed by atoms with E-state index >= 15 is 0 Å². The van der Waals surface area contributed by atoms with E-state index in [2.05, 4.69) is 13.8 Å². The Morgan fingerprint density at radius 3 is 1.33 bits per heavy atom. The van der Waals surface area contributed by atoms with Crippen molar-refractivity contribution in [1.29, 1.82) is 0 Å². The van der Waals surface area contributed by atoms with E-state index in [4.69, 9.17) is 0 Å². The molecular weight excluding hydrogens is 384 g/mol. The van der Waals surface area contributed by atoms with E-state index in [0.29, 0.717) is 49.7 Å². The van der Waals surface area contributed by atoms with Gasteiger partial charge in [-0.1, -0.05) is 13.8 Å². The molecule has 30 heavy (non-hydrogen) atoms. The van der Waals surface area contributed by atoms with Crippen molar-refractivity contribution in [3.8, 4) is 0 Å². The third-order valence-electron chi connectivity index (χ3n) is 7.42. The van der Waals surface area contributed by atoms with Crippen LogP contribution in [0.2, 0.25) is 0 Å². The van der Waals surface area contributed by atoms with E-state index in [1.165, 1.54) is 12.1 Å². The molecule has 0 saturated heterocycles. The number of benzene rings is 1. The minimum absolute atomic E-state index is 0.168. The van der Waals surface area contributed by atoms with Crippen molar-refractivity contribution in [2.75, 3.05) is 0 Å². The molecule has 0 aliphatic heterocycles. The molecule has 0 aromatic heterocycles. The molecule has 2 fully saturated rings. The average molecular weight is 419 g/mol. The smallest absolute Gasteiger partial charge is 0.335 e. The highest BCUT2D eigenvalue weighted by molar-refractivity contribution is 5.95. The summed E-state index contributed by atoms with van der Waals surface area (Å²) in [6.07, 6.45) is 6.24. The van der Waals surface area contributed by atoms with Gasteiger partial charge in [0.1, 0.15) is 0 Å². The number of carbonyl (C=O) groups is 2. The van der Waals surface area contributed by atoms with Crippen molar-refractivity contribution in [3.05, 3.63) is 34.4 Å². The van der Waals surface area contributed by atoms with E-state index in [0.717, 1.165) is 25.7 Å². The Balaban J connectivity index is 2.04. The molecule has 0 spiro atoms. The summed E-state index contributed by atoms with van der Waals surface area (Å²) in [5.41, 5.74) is 1.30. The van der Waals surface area contributed by atoms with Gasteiger partial charge in [-0.05, 0) is 98.3 Å². The monoisotopic (exact) mass is 418 g/mol. The van der Waals surface area contributed by atoms with Crippen molar-refractivity contribution in [2.45, 2.75) is 90.3 Å². The van der Waals surface area contributed by atoms with Crippen LogP contribution in [0.15, 0.2) is 12.1 Å². The predicted molar refractivity (Wildman–Crippen MR) is 113 cm³/mol. The van der Waals surface area contributed by atoms with E-state index < -0.39 is 11.9 Å². The van der Waals surface area contributed by atoms with E-state index in [9.17, 15) is 30.0 Å². The summed E-state index contributed by atoms with van der Waals surface area (Å²) < 4.78 is 0. The molecule has 0 atom stereocenters. The molecule has 6 nitrogen and oxygen atoms in total. The largest absolute Gasteiger partial charge is 0.478 e. The van der Waals surface area contributed by atoms with Crippen LogP contribution in [0.5, 0.6) is 0 Å². The number of carboxylic acid groups (broad SMARTS) is 2. The highest BCUT2D eigenvalue weighted by Crippen LogP contribution is 2.44. The Hall–Kier alpha value is -1.92. The second kappa shape index (κ2) is 8.67. The summed E-state index contributed by atoms with van der Waals surface area (Å²) in [5, 5.41) is 39.5. The predicted octanol–water partition coefficient (Wildman–Crippen LogP) is 4.05. The molecule has 2 aliphatic rings. The standard InChI is InChI=1S/C24H34O6/c1-23(9-5-15(25)6-10-23)13-19-17(21(27)28)3-4-18(22(29)30)20(19)14-24(2)11-7-16(26)8-12-24/h3-4,15-16,25-26H,5-14H2,1-2H3,(H,27,28)(H,29,30). The second-order valence-electron chi connectivity index (χ2n) is 10.2. The number of aliphatic hydroxyl groups is 2.